The molecule has 0 aromatic carbocycles. The van der Waals surface area contributed by atoms with Crippen LogP contribution in [0.2, 0.25) is 0 Å². The molecule has 2 N–H and O–H groups in total. The molecular weight excluding hydrogens is 468 g/mol. The highest BCUT2D eigenvalue weighted by Gasteiger charge is 2.53. The smallest absolute Gasteiger partial charge is 0.329 e. The zero-order valence-electron chi connectivity index (χ0n) is 20.0. The Hall–Kier alpha value is -3.92. The van der Waals surface area contributed by atoms with E-state index in [4.69, 9.17) is 14.3 Å². The number of allylic oxidation sites excluding steroid dienone is 3. The van der Waals surface area contributed by atoms with Crippen LogP contribution in [0.25, 0.3) is 0 Å². The standard InChI is InChI=1S/C26H24N2O8/c1-11(29)36-28-21-13(19-22(28)16(30)9-17(34-2)23(19)31)7-8-14(21)26(33)10-18(35-3)24(32)20-12-5-4-6-15(12)27-25(20)26/h9-10,14,27,33H,4-8H2,1-3H3. The first-order valence-corrected chi connectivity index (χ1v) is 11.8. The SMILES string of the molecule is COC1=CC(O)(C2CCc3c4c(n(OC(C)=O)c32)C(=O)C=C(OC)C4=O)c2[nH]c3c(c2C1=O)CCC3. The van der Waals surface area contributed by atoms with Crippen LogP contribution in [0, 0.1) is 0 Å². The van der Waals surface area contributed by atoms with Crippen molar-refractivity contribution < 1.29 is 38.6 Å². The number of nitrogens with one attached hydrogen (secondary N) is 1. The van der Waals surface area contributed by atoms with Gasteiger partial charge >= 0.3 is 5.97 Å². The Balaban J connectivity index is 1.60. The lowest BCUT2D eigenvalue weighted by atomic mass is 9.76. The lowest BCUT2D eigenvalue weighted by molar-refractivity contribution is -0.142. The third-order valence-electron chi connectivity index (χ3n) is 7.67. The van der Waals surface area contributed by atoms with Crippen LogP contribution in [-0.2, 0) is 39.1 Å². The monoisotopic (exact) mass is 492 g/mol. The molecule has 10 nitrogen and oxygen atoms in total. The lowest BCUT2D eigenvalue weighted by Gasteiger charge is -2.35. The number of aromatic amines is 1. The predicted octanol–water partition coefficient (Wildman–Crippen LogP) is 1.83. The number of fused-ring (bicyclic) bond motifs is 6. The number of hydrogen-bond donors (Lipinski definition) is 2. The molecular formula is C26H24N2O8. The van der Waals surface area contributed by atoms with Gasteiger partial charge in [0.1, 0.15) is 11.3 Å². The van der Waals surface area contributed by atoms with Crippen molar-refractivity contribution in [2.24, 2.45) is 0 Å². The van der Waals surface area contributed by atoms with E-state index in [0.29, 0.717) is 41.8 Å². The van der Waals surface area contributed by atoms with Crippen LogP contribution in [-0.4, -0.2) is 52.4 Å². The molecule has 2 aromatic heterocycles. The average molecular weight is 492 g/mol. The number of aryl methyl sites for hydroxylation is 1. The molecule has 186 valence electrons. The summed E-state index contributed by atoms with van der Waals surface area (Å²) in [6.45, 7) is 1.19. The Morgan fingerprint density at radius 1 is 1.06 bits per heavy atom. The number of ketones is 3. The number of Topliss-reactive ketones (excluding diaryl/α,β-unsaturated/α-hetero) is 2. The Morgan fingerprint density at radius 3 is 2.47 bits per heavy atom. The van der Waals surface area contributed by atoms with E-state index < -0.39 is 29.1 Å². The van der Waals surface area contributed by atoms with Gasteiger partial charge in [0, 0.05) is 24.6 Å². The van der Waals surface area contributed by atoms with Gasteiger partial charge in [-0.05, 0) is 49.3 Å². The van der Waals surface area contributed by atoms with Crippen molar-refractivity contribution in [3.05, 3.63) is 68.7 Å². The first-order chi connectivity index (χ1) is 17.2. The first kappa shape index (κ1) is 22.5. The van der Waals surface area contributed by atoms with Crippen LogP contribution in [0.4, 0.5) is 0 Å². The molecule has 4 aliphatic rings. The molecule has 0 bridgehead atoms. The maximum atomic E-state index is 13.2. The number of rotatable bonds is 4. The van der Waals surface area contributed by atoms with Gasteiger partial charge in [-0.3, -0.25) is 14.4 Å². The maximum Gasteiger partial charge on any atom is 0.329 e. The third-order valence-corrected chi connectivity index (χ3v) is 7.67. The van der Waals surface area contributed by atoms with Crippen LogP contribution in [0.5, 0.6) is 0 Å². The summed E-state index contributed by atoms with van der Waals surface area (Å²) >= 11 is 0. The zero-order chi connectivity index (χ0) is 25.5. The van der Waals surface area contributed by atoms with Crippen molar-refractivity contribution in [1.82, 2.24) is 9.71 Å². The van der Waals surface area contributed by atoms with E-state index in [2.05, 4.69) is 4.98 Å². The van der Waals surface area contributed by atoms with Crippen molar-refractivity contribution in [3.63, 3.8) is 0 Å². The molecule has 0 fully saturated rings. The van der Waals surface area contributed by atoms with Crippen LogP contribution >= 0.6 is 0 Å². The fourth-order valence-electron chi connectivity index (χ4n) is 6.25. The molecule has 0 saturated heterocycles. The zero-order valence-corrected chi connectivity index (χ0v) is 20.0. The van der Waals surface area contributed by atoms with Crippen molar-refractivity contribution in [2.75, 3.05) is 14.2 Å². The van der Waals surface area contributed by atoms with Crippen molar-refractivity contribution in [3.8, 4) is 0 Å². The van der Waals surface area contributed by atoms with Gasteiger partial charge in [0.15, 0.2) is 11.5 Å². The van der Waals surface area contributed by atoms with Gasteiger partial charge in [-0.1, -0.05) is 0 Å². The van der Waals surface area contributed by atoms with Crippen molar-refractivity contribution >= 4 is 23.3 Å². The third kappa shape index (κ3) is 2.76. The predicted molar refractivity (Wildman–Crippen MR) is 123 cm³/mol. The average Bonchev–Trinajstić information content (AvgIpc) is 3.59. The van der Waals surface area contributed by atoms with Gasteiger partial charge < -0.3 is 24.4 Å². The normalized spacial score (nSPS) is 24.0. The molecule has 0 radical (unpaired) electrons. The molecule has 6 rings (SSSR count). The fraction of sp³-hybridized carbons (Fsp3) is 0.385. The maximum absolute atomic E-state index is 13.2. The van der Waals surface area contributed by atoms with Crippen LogP contribution in [0.1, 0.15) is 85.1 Å². The van der Waals surface area contributed by atoms with E-state index in [0.717, 1.165) is 34.9 Å². The quantitative estimate of drug-likeness (QED) is 0.660. The molecule has 0 spiro atoms. The summed E-state index contributed by atoms with van der Waals surface area (Å²) < 4.78 is 11.6. The number of aromatic nitrogens is 2. The summed E-state index contributed by atoms with van der Waals surface area (Å²) in [5.41, 5.74) is 1.69. The molecule has 2 atom stereocenters. The number of carbonyl (C=O) groups excluding carboxylic acids is 4. The van der Waals surface area contributed by atoms with E-state index in [1.54, 1.807) is 0 Å². The Labute approximate surface area is 205 Å². The number of ether oxygens (including phenoxy) is 2. The number of nitrogens with zero attached hydrogens (tertiary/aromatic N) is 1. The highest BCUT2D eigenvalue weighted by Crippen LogP contribution is 2.53. The minimum atomic E-state index is -1.74. The molecule has 0 aliphatic heterocycles. The van der Waals surface area contributed by atoms with Crippen molar-refractivity contribution in [1.29, 1.82) is 0 Å². The summed E-state index contributed by atoms with van der Waals surface area (Å²) in [6, 6.07) is 0. The lowest BCUT2D eigenvalue weighted by Crippen LogP contribution is -2.39. The molecule has 36 heavy (non-hydrogen) atoms. The van der Waals surface area contributed by atoms with Crippen LogP contribution in [0.15, 0.2) is 23.7 Å². The molecule has 10 heteroatoms. The van der Waals surface area contributed by atoms with Gasteiger partial charge in [-0.2, -0.15) is 4.73 Å². The fourth-order valence-corrected chi connectivity index (χ4v) is 6.25. The topological polar surface area (TPSA) is 137 Å². The largest absolute Gasteiger partial charge is 0.493 e. The van der Waals surface area contributed by atoms with Crippen LogP contribution in [0.3, 0.4) is 0 Å². The second kappa shape index (κ2) is 7.54. The Bertz CT molecular complexity index is 1470. The summed E-state index contributed by atoms with van der Waals surface area (Å²) in [4.78, 5) is 60.3. The summed E-state index contributed by atoms with van der Waals surface area (Å²) in [6.07, 6.45) is 5.54. The van der Waals surface area contributed by atoms with E-state index in [9.17, 15) is 24.3 Å². The Morgan fingerprint density at radius 2 is 1.78 bits per heavy atom. The molecule has 2 unspecified atom stereocenters. The molecule has 0 amide bonds. The number of hydrogen-bond acceptors (Lipinski definition) is 8. The van der Waals surface area contributed by atoms with E-state index >= 15 is 0 Å². The second-order valence-electron chi connectivity index (χ2n) is 9.51. The van der Waals surface area contributed by atoms with Gasteiger partial charge in [-0.15, -0.1) is 0 Å². The number of methoxy groups -OCH3 is 2. The van der Waals surface area contributed by atoms with Crippen molar-refractivity contribution in [2.45, 2.75) is 50.5 Å². The van der Waals surface area contributed by atoms with Gasteiger partial charge in [0.2, 0.25) is 17.3 Å². The van der Waals surface area contributed by atoms with Crippen LogP contribution < -0.4 is 4.84 Å². The number of carbonyl (C=O) groups is 4. The molecule has 4 aliphatic carbocycles. The minimum absolute atomic E-state index is 0.0120. The van der Waals surface area contributed by atoms with E-state index in [-0.39, 0.29) is 28.6 Å². The van der Waals surface area contributed by atoms with Gasteiger partial charge in [0.25, 0.3) is 0 Å². The van der Waals surface area contributed by atoms with Gasteiger partial charge in [-0.25, -0.2) is 4.79 Å². The molecule has 0 saturated carbocycles. The minimum Gasteiger partial charge on any atom is -0.493 e. The van der Waals surface area contributed by atoms with E-state index in [1.165, 1.54) is 27.2 Å². The molecule has 2 aromatic rings. The molecule has 2 heterocycles. The van der Waals surface area contributed by atoms with E-state index in [1.807, 2.05) is 0 Å². The number of aliphatic hydroxyl groups is 1. The highest BCUT2D eigenvalue weighted by atomic mass is 16.7. The summed E-state index contributed by atoms with van der Waals surface area (Å²) in [7, 11) is 2.68. The summed E-state index contributed by atoms with van der Waals surface area (Å²) in [5, 5.41) is 12.3. The van der Waals surface area contributed by atoms with Gasteiger partial charge in [0.05, 0.1) is 36.7 Å². The highest BCUT2D eigenvalue weighted by molar-refractivity contribution is 6.24. The summed E-state index contributed by atoms with van der Waals surface area (Å²) in [5.74, 6) is -2.88. The second-order valence-corrected chi connectivity index (χ2v) is 9.51. The number of H-pyrrole nitrogens is 1. The Kier molecular flexibility index (Phi) is 4.72. The first-order valence-electron chi connectivity index (χ1n) is 11.8.